The van der Waals surface area contributed by atoms with Crippen molar-refractivity contribution in [2.45, 2.75) is 36.6 Å². The summed E-state index contributed by atoms with van der Waals surface area (Å²) in [6, 6.07) is 15.6. The van der Waals surface area contributed by atoms with Gasteiger partial charge in [-0.3, -0.25) is 0 Å². The predicted molar refractivity (Wildman–Crippen MR) is 117 cm³/mol. The number of nitrogens with one attached hydrogen (secondary N) is 1. The Morgan fingerprint density at radius 2 is 1.93 bits per heavy atom. The van der Waals surface area contributed by atoms with Gasteiger partial charge in [0.05, 0.1) is 10.6 Å². The summed E-state index contributed by atoms with van der Waals surface area (Å²) in [4.78, 5) is 6.21. The van der Waals surface area contributed by atoms with E-state index < -0.39 is 9.84 Å². The number of aryl methyl sites for hydroxylation is 1. The Labute approximate surface area is 173 Å². The number of benzene rings is 2. The molecule has 0 spiro atoms. The van der Waals surface area contributed by atoms with Crippen molar-refractivity contribution in [2.75, 3.05) is 19.3 Å². The van der Waals surface area contributed by atoms with Crippen LogP contribution in [-0.2, 0) is 22.7 Å². The number of likely N-dealkylation sites (N-methyl/N-ethyl adjacent to an activating group) is 1. The van der Waals surface area contributed by atoms with Crippen LogP contribution in [0.2, 0.25) is 0 Å². The highest BCUT2D eigenvalue weighted by Crippen LogP contribution is 2.26. The molecule has 0 amide bonds. The molecule has 0 aliphatic carbocycles. The minimum atomic E-state index is -3.25. The second-order valence-corrected chi connectivity index (χ2v) is 9.67. The first-order chi connectivity index (χ1) is 13.0. The van der Waals surface area contributed by atoms with Crippen LogP contribution in [0.1, 0.15) is 24.0 Å². The van der Waals surface area contributed by atoms with Crippen molar-refractivity contribution in [3.8, 4) is 0 Å². The van der Waals surface area contributed by atoms with E-state index in [0.29, 0.717) is 17.4 Å². The third-order valence-corrected chi connectivity index (χ3v) is 7.45. The lowest BCUT2D eigenvalue weighted by Gasteiger charge is -2.18. The SMILES string of the molecule is CN1CCC[C@@H]1Cc1c[nH]c2ccc(CCS(=O)(=O)c3ccccc3)cc12.Cl. The summed E-state index contributed by atoms with van der Waals surface area (Å²) >= 11 is 0. The number of fused-ring (bicyclic) bond motifs is 1. The second kappa shape index (κ2) is 8.68. The highest BCUT2D eigenvalue weighted by molar-refractivity contribution is 7.91. The fourth-order valence-corrected chi connectivity index (χ4v) is 5.35. The Kier molecular flexibility index (Phi) is 6.48. The smallest absolute Gasteiger partial charge is 0.178 e. The van der Waals surface area contributed by atoms with Crippen LogP contribution in [0.5, 0.6) is 0 Å². The van der Waals surface area contributed by atoms with Gasteiger partial charge in [-0.1, -0.05) is 24.3 Å². The van der Waals surface area contributed by atoms with Gasteiger partial charge in [-0.25, -0.2) is 8.42 Å². The summed E-state index contributed by atoms with van der Waals surface area (Å²) in [5.74, 6) is 0.133. The molecule has 1 aromatic heterocycles. The van der Waals surface area contributed by atoms with Crippen LogP contribution in [0.25, 0.3) is 10.9 Å². The van der Waals surface area contributed by atoms with Gasteiger partial charge in [0.15, 0.2) is 9.84 Å². The van der Waals surface area contributed by atoms with Crippen molar-refractivity contribution < 1.29 is 8.42 Å². The van der Waals surface area contributed by atoms with Crippen LogP contribution in [0.4, 0.5) is 0 Å². The number of hydrogen-bond acceptors (Lipinski definition) is 3. The molecule has 0 saturated carbocycles. The van der Waals surface area contributed by atoms with E-state index in [0.717, 1.165) is 17.5 Å². The molecule has 4 nitrogen and oxygen atoms in total. The maximum absolute atomic E-state index is 12.5. The lowest BCUT2D eigenvalue weighted by Crippen LogP contribution is -2.26. The van der Waals surface area contributed by atoms with E-state index in [-0.39, 0.29) is 18.2 Å². The summed E-state index contributed by atoms with van der Waals surface area (Å²) < 4.78 is 25.1. The van der Waals surface area contributed by atoms with Crippen molar-refractivity contribution in [1.82, 2.24) is 9.88 Å². The molecule has 0 unspecified atom stereocenters. The van der Waals surface area contributed by atoms with Crippen molar-refractivity contribution >= 4 is 33.1 Å². The number of nitrogens with zero attached hydrogens (tertiary/aromatic N) is 1. The maximum Gasteiger partial charge on any atom is 0.178 e. The summed E-state index contributed by atoms with van der Waals surface area (Å²) in [5.41, 5.74) is 3.53. The minimum absolute atomic E-state index is 0. The maximum atomic E-state index is 12.5. The number of rotatable bonds is 6. The molecular formula is C22H27ClN2O2S. The Hall–Kier alpha value is -1.82. The Morgan fingerprint density at radius 3 is 2.64 bits per heavy atom. The fourth-order valence-electron chi connectivity index (χ4n) is 4.04. The summed E-state index contributed by atoms with van der Waals surface area (Å²) in [7, 11) is -1.05. The van der Waals surface area contributed by atoms with Gasteiger partial charge < -0.3 is 9.88 Å². The lowest BCUT2D eigenvalue weighted by molar-refractivity contribution is 0.310. The van der Waals surface area contributed by atoms with Crippen LogP contribution in [0, 0.1) is 0 Å². The van der Waals surface area contributed by atoms with Gasteiger partial charge in [-0.05, 0) is 74.7 Å². The first-order valence-corrected chi connectivity index (χ1v) is 11.2. The third-order valence-electron chi connectivity index (χ3n) is 5.72. The van der Waals surface area contributed by atoms with Gasteiger partial charge in [-0.2, -0.15) is 0 Å². The molecule has 1 atom stereocenters. The lowest BCUT2D eigenvalue weighted by atomic mass is 10.0. The van der Waals surface area contributed by atoms with E-state index in [1.807, 2.05) is 12.1 Å². The zero-order valence-electron chi connectivity index (χ0n) is 16.1. The van der Waals surface area contributed by atoms with Crippen molar-refractivity contribution in [3.05, 3.63) is 65.9 Å². The number of H-pyrrole nitrogens is 1. The first kappa shape index (κ1) is 20.9. The topological polar surface area (TPSA) is 53.2 Å². The molecule has 4 rings (SSSR count). The standard InChI is InChI=1S/C22H26N2O2S.ClH/c1-24-12-5-6-19(24)15-18-16-23-22-10-9-17(14-21(18)22)11-13-27(25,26)20-7-3-2-4-8-20;/h2-4,7-10,14,16,19,23H,5-6,11-13,15H2,1H3;1H/t19-;/m1./s1. The summed E-state index contributed by atoms with van der Waals surface area (Å²) in [6.07, 6.45) is 6.20. The van der Waals surface area contributed by atoms with Crippen molar-refractivity contribution in [1.29, 1.82) is 0 Å². The molecule has 1 fully saturated rings. The molecule has 3 aromatic rings. The Balaban J connectivity index is 0.00000225. The molecule has 150 valence electrons. The fraction of sp³-hybridized carbons (Fsp3) is 0.364. The van der Waals surface area contributed by atoms with Gasteiger partial charge >= 0.3 is 0 Å². The van der Waals surface area contributed by atoms with Gasteiger partial charge in [-0.15, -0.1) is 12.4 Å². The number of aromatic nitrogens is 1. The monoisotopic (exact) mass is 418 g/mol. The second-order valence-electron chi connectivity index (χ2n) is 7.56. The van der Waals surface area contributed by atoms with Gasteiger partial charge in [0, 0.05) is 23.1 Å². The van der Waals surface area contributed by atoms with E-state index in [9.17, 15) is 8.42 Å². The molecule has 28 heavy (non-hydrogen) atoms. The van der Waals surface area contributed by atoms with E-state index in [1.165, 1.54) is 30.3 Å². The summed E-state index contributed by atoms with van der Waals surface area (Å²) in [5, 5.41) is 1.23. The van der Waals surface area contributed by atoms with Crippen molar-refractivity contribution in [2.24, 2.45) is 0 Å². The van der Waals surface area contributed by atoms with Gasteiger partial charge in [0.25, 0.3) is 0 Å². The minimum Gasteiger partial charge on any atom is -0.361 e. The molecule has 1 N–H and O–H groups in total. The molecular weight excluding hydrogens is 392 g/mol. The predicted octanol–water partition coefficient (Wildman–Crippen LogP) is 4.24. The van der Waals surface area contributed by atoms with Crippen LogP contribution in [-0.4, -0.2) is 43.7 Å². The quantitative estimate of drug-likeness (QED) is 0.651. The molecule has 0 bridgehead atoms. The van der Waals surface area contributed by atoms with Crippen LogP contribution in [0.3, 0.4) is 0 Å². The zero-order valence-corrected chi connectivity index (χ0v) is 17.7. The third kappa shape index (κ3) is 4.43. The van der Waals surface area contributed by atoms with Crippen LogP contribution >= 0.6 is 12.4 Å². The number of halogens is 1. The average Bonchev–Trinajstić information content (AvgIpc) is 3.27. The van der Waals surface area contributed by atoms with Crippen LogP contribution < -0.4 is 0 Å². The molecule has 0 radical (unpaired) electrons. The van der Waals surface area contributed by atoms with Gasteiger partial charge in [0.1, 0.15) is 0 Å². The molecule has 1 saturated heterocycles. The molecule has 1 aliphatic heterocycles. The highest BCUT2D eigenvalue weighted by Gasteiger charge is 2.22. The highest BCUT2D eigenvalue weighted by atomic mass is 35.5. The molecule has 6 heteroatoms. The van der Waals surface area contributed by atoms with Gasteiger partial charge in [0.2, 0.25) is 0 Å². The molecule has 2 aromatic carbocycles. The number of sulfone groups is 1. The number of likely N-dealkylation sites (tertiary alicyclic amines) is 1. The zero-order chi connectivity index (χ0) is 18.9. The Bertz CT molecular complexity index is 1030. The largest absolute Gasteiger partial charge is 0.361 e. The van der Waals surface area contributed by atoms with E-state index in [2.05, 4.69) is 35.3 Å². The number of hydrogen-bond donors (Lipinski definition) is 1. The van der Waals surface area contributed by atoms with E-state index >= 15 is 0 Å². The number of aromatic amines is 1. The Morgan fingerprint density at radius 1 is 1.14 bits per heavy atom. The van der Waals surface area contributed by atoms with Crippen LogP contribution in [0.15, 0.2) is 59.6 Å². The first-order valence-electron chi connectivity index (χ1n) is 9.60. The summed E-state index contributed by atoms with van der Waals surface area (Å²) in [6.45, 7) is 1.18. The average molecular weight is 419 g/mol. The molecule has 2 heterocycles. The molecule has 1 aliphatic rings. The van der Waals surface area contributed by atoms with E-state index in [4.69, 9.17) is 0 Å². The van der Waals surface area contributed by atoms with E-state index in [1.54, 1.807) is 24.3 Å². The normalized spacial score (nSPS) is 17.7. The van der Waals surface area contributed by atoms with Crippen molar-refractivity contribution in [3.63, 3.8) is 0 Å².